The van der Waals surface area contributed by atoms with E-state index in [0.29, 0.717) is 17.2 Å². The second-order valence-corrected chi connectivity index (χ2v) is 3.20. The lowest BCUT2D eigenvalue weighted by Crippen LogP contribution is -2.15. The highest BCUT2D eigenvalue weighted by Gasteiger charge is 1.99. The molecule has 2 N–H and O–H groups in total. The summed E-state index contributed by atoms with van der Waals surface area (Å²) in [7, 11) is 0. The van der Waals surface area contributed by atoms with Gasteiger partial charge in [0.2, 0.25) is 0 Å². The zero-order valence-electron chi connectivity index (χ0n) is 9.08. The van der Waals surface area contributed by atoms with E-state index in [1.807, 2.05) is 18.2 Å². The Morgan fingerprint density at radius 3 is 3.12 bits per heavy atom. The summed E-state index contributed by atoms with van der Waals surface area (Å²) in [6.45, 7) is 1.71. The second kappa shape index (κ2) is 4.97. The zero-order valence-corrected chi connectivity index (χ0v) is 9.08. The van der Waals surface area contributed by atoms with E-state index in [-0.39, 0.29) is 0 Å². The van der Waals surface area contributed by atoms with E-state index < -0.39 is 5.69 Å². The van der Waals surface area contributed by atoms with Gasteiger partial charge in [0.05, 0.1) is 11.9 Å². The number of nitrogens with zero attached hydrogens (tertiary/aromatic N) is 4. The average Bonchev–Trinajstić information content (AvgIpc) is 2.35. The van der Waals surface area contributed by atoms with Crippen molar-refractivity contribution >= 4 is 12.0 Å². The van der Waals surface area contributed by atoms with Crippen LogP contribution < -0.4 is 11.1 Å². The quantitative estimate of drug-likeness (QED) is 0.584. The lowest BCUT2D eigenvalue weighted by atomic mass is 10.4. The molecule has 2 rings (SSSR count). The molecule has 2 aromatic heterocycles. The number of nitrogens with one attached hydrogen (secondary N) is 2. The summed E-state index contributed by atoms with van der Waals surface area (Å²) in [5, 5.41) is 9.90. The number of aromatic amines is 1. The topological polar surface area (TPSA) is 95.9 Å². The molecule has 0 aliphatic carbocycles. The molecule has 2 heterocycles. The van der Waals surface area contributed by atoms with Crippen LogP contribution in [0.4, 0.5) is 5.82 Å². The Morgan fingerprint density at radius 2 is 2.35 bits per heavy atom. The summed E-state index contributed by atoms with van der Waals surface area (Å²) in [4.78, 5) is 18.7. The summed E-state index contributed by atoms with van der Waals surface area (Å²) >= 11 is 0. The summed E-state index contributed by atoms with van der Waals surface area (Å²) < 4.78 is 0. The van der Waals surface area contributed by atoms with E-state index in [9.17, 15) is 4.79 Å². The molecule has 7 heteroatoms. The van der Waals surface area contributed by atoms with Gasteiger partial charge in [0.1, 0.15) is 5.69 Å². The molecular formula is C10H10N6O. The molecule has 0 aromatic carbocycles. The first kappa shape index (κ1) is 10.9. The van der Waals surface area contributed by atoms with Gasteiger partial charge in [-0.1, -0.05) is 6.07 Å². The first-order chi connectivity index (χ1) is 8.25. The van der Waals surface area contributed by atoms with Crippen LogP contribution in [0.25, 0.3) is 0 Å². The van der Waals surface area contributed by atoms with Gasteiger partial charge in [-0.15, -0.1) is 0 Å². The zero-order chi connectivity index (χ0) is 12.1. The molecule has 0 amide bonds. The van der Waals surface area contributed by atoms with Crippen molar-refractivity contribution in [1.82, 2.24) is 20.2 Å². The van der Waals surface area contributed by atoms with Gasteiger partial charge in [-0.2, -0.15) is 15.2 Å². The molecule has 86 valence electrons. The number of aromatic nitrogens is 4. The molecule has 0 bridgehead atoms. The van der Waals surface area contributed by atoms with Gasteiger partial charge in [0.25, 0.3) is 0 Å². The molecule has 0 saturated heterocycles. The van der Waals surface area contributed by atoms with Crippen molar-refractivity contribution in [3.8, 4) is 0 Å². The number of rotatable bonds is 3. The van der Waals surface area contributed by atoms with Crippen molar-refractivity contribution in [3.05, 3.63) is 46.3 Å². The average molecular weight is 230 g/mol. The lowest BCUT2D eigenvalue weighted by Gasteiger charge is -1.99. The normalized spacial score (nSPS) is 10.6. The summed E-state index contributed by atoms with van der Waals surface area (Å²) in [6, 6.07) is 5.48. The number of aryl methyl sites for hydroxylation is 1. The number of hydrazone groups is 1. The standard InChI is InChI=1S/C10H10N6O/c1-7-9(13-10(17)16-14-7)15-12-6-8-4-2-3-5-11-8/h2-6H,1H3,(H2,13,15,16,17). The van der Waals surface area contributed by atoms with E-state index in [1.54, 1.807) is 13.1 Å². The predicted octanol–water partition coefficient (Wildman–Crippen LogP) is 0.314. The van der Waals surface area contributed by atoms with Gasteiger partial charge in [-0.3, -0.25) is 10.4 Å². The first-order valence-corrected chi connectivity index (χ1v) is 4.89. The van der Waals surface area contributed by atoms with E-state index in [1.165, 1.54) is 6.21 Å². The van der Waals surface area contributed by atoms with Crippen molar-refractivity contribution in [2.24, 2.45) is 5.10 Å². The van der Waals surface area contributed by atoms with Crippen molar-refractivity contribution in [1.29, 1.82) is 0 Å². The van der Waals surface area contributed by atoms with Gasteiger partial charge < -0.3 is 0 Å². The molecule has 0 spiro atoms. The Morgan fingerprint density at radius 1 is 1.47 bits per heavy atom. The number of hydrogen-bond donors (Lipinski definition) is 2. The van der Waals surface area contributed by atoms with Crippen LogP contribution in [0.5, 0.6) is 0 Å². The van der Waals surface area contributed by atoms with Crippen molar-refractivity contribution in [2.45, 2.75) is 6.92 Å². The summed E-state index contributed by atoms with van der Waals surface area (Å²) in [5.74, 6) is 0.320. The highest BCUT2D eigenvalue weighted by atomic mass is 16.1. The van der Waals surface area contributed by atoms with E-state index in [4.69, 9.17) is 0 Å². The number of H-pyrrole nitrogens is 1. The Labute approximate surface area is 96.6 Å². The van der Waals surface area contributed by atoms with Gasteiger partial charge in [0.15, 0.2) is 5.82 Å². The van der Waals surface area contributed by atoms with Crippen LogP contribution in [0.1, 0.15) is 11.4 Å². The second-order valence-electron chi connectivity index (χ2n) is 3.20. The van der Waals surface area contributed by atoms with Crippen LogP contribution in [-0.2, 0) is 0 Å². The van der Waals surface area contributed by atoms with Gasteiger partial charge in [-0.25, -0.2) is 9.89 Å². The van der Waals surface area contributed by atoms with E-state index >= 15 is 0 Å². The maximum Gasteiger partial charge on any atom is 0.363 e. The fourth-order valence-electron chi connectivity index (χ4n) is 1.11. The molecule has 17 heavy (non-hydrogen) atoms. The lowest BCUT2D eigenvalue weighted by molar-refractivity contribution is 0.879. The van der Waals surface area contributed by atoms with Crippen LogP contribution in [0.15, 0.2) is 34.3 Å². The third kappa shape index (κ3) is 2.94. The molecule has 0 aliphatic heterocycles. The number of pyridine rings is 1. The third-order valence-electron chi connectivity index (χ3n) is 1.93. The van der Waals surface area contributed by atoms with Gasteiger partial charge >= 0.3 is 5.69 Å². The molecule has 0 saturated carbocycles. The minimum Gasteiger partial charge on any atom is -0.260 e. The largest absolute Gasteiger partial charge is 0.363 e. The molecule has 0 atom stereocenters. The van der Waals surface area contributed by atoms with Crippen LogP contribution in [0.2, 0.25) is 0 Å². The smallest absolute Gasteiger partial charge is 0.260 e. The Kier molecular flexibility index (Phi) is 3.20. The van der Waals surface area contributed by atoms with Gasteiger partial charge in [0, 0.05) is 6.20 Å². The highest BCUT2D eigenvalue weighted by Crippen LogP contribution is 2.02. The predicted molar refractivity (Wildman–Crippen MR) is 62.8 cm³/mol. The summed E-state index contributed by atoms with van der Waals surface area (Å²) in [5.41, 5.74) is 3.38. The molecule has 0 unspecified atom stereocenters. The van der Waals surface area contributed by atoms with Crippen molar-refractivity contribution in [2.75, 3.05) is 5.43 Å². The Bertz CT molecular complexity index is 577. The Hall–Kier alpha value is -2.57. The van der Waals surface area contributed by atoms with Crippen molar-refractivity contribution < 1.29 is 0 Å². The van der Waals surface area contributed by atoms with Crippen LogP contribution in [0, 0.1) is 6.92 Å². The molecule has 0 radical (unpaired) electrons. The minimum absolute atomic E-state index is 0.320. The van der Waals surface area contributed by atoms with E-state index in [2.05, 4.69) is 30.7 Å². The molecule has 0 fully saturated rings. The highest BCUT2D eigenvalue weighted by molar-refractivity contribution is 5.77. The summed E-state index contributed by atoms with van der Waals surface area (Å²) in [6.07, 6.45) is 3.20. The fourth-order valence-corrected chi connectivity index (χ4v) is 1.11. The maximum absolute atomic E-state index is 10.9. The third-order valence-corrected chi connectivity index (χ3v) is 1.93. The van der Waals surface area contributed by atoms with Gasteiger partial charge in [-0.05, 0) is 19.1 Å². The maximum atomic E-state index is 10.9. The van der Waals surface area contributed by atoms with Crippen LogP contribution in [-0.4, -0.2) is 26.4 Å². The van der Waals surface area contributed by atoms with Crippen LogP contribution in [0.3, 0.4) is 0 Å². The minimum atomic E-state index is -0.522. The van der Waals surface area contributed by atoms with E-state index in [0.717, 1.165) is 0 Å². The number of anilines is 1. The Balaban J connectivity index is 2.10. The molecule has 7 nitrogen and oxygen atoms in total. The van der Waals surface area contributed by atoms with Crippen LogP contribution >= 0.6 is 0 Å². The molecule has 2 aromatic rings. The fraction of sp³-hybridized carbons (Fsp3) is 0.100. The SMILES string of the molecule is Cc1n[nH]c(=O)nc1NN=Cc1ccccn1. The first-order valence-electron chi connectivity index (χ1n) is 4.89. The number of hydrogen-bond acceptors (Lipinski definition) is 6. The molecule has 0 aliphatic rings. The van der Waals surface area contributed by atoms with Crippen molar-refractivity contribution in [3.63, 3.8) is 0 Å². The molecular weight excluding hydrogens is 220 g/mol. The monoisotopic (exact) mass is 230 g/mol.